The average Bonchev–Trinajstić information content (AvgIpc) is 3.38. The molecule has 33 heavy (non-hydrogen) atoms. The van der Waals surface area contributed by atoms with Crippen LogP contribution in [0.5, 0.6) is 5.75 Å². The lowest BCUT2D eigenvalue weighted by Crippen LogP contribution is -2.26. The molecule has 0 unspecified atom stereocenters. The standard InChI is InChI=1S/C24H22N4O3S2/c1-16-22(32-24-26-23(27-28(16)24)18-7-10-20(31-2)11-8-18)13-14-25-33(29,30)21-12-9-17-5-3-4-6-19(17)15-21/h3-12,15,25H,13-14H2,1-2H3. The highest BCUT2D eigenvalue weighted by molar-refractivity contribution is 7.89. The van der Waals surface area contributed by atoms with Crippen LogP contribution in [0.25, 0.3) is 27.1 Å². The number of hydrogen-bond donors (Lipinski definition) is 1. The summed E-state index contributed by atoms with van der Waals surface area (Å²) in [5.74, 6) is 1.43. The molecule has 0 aliphatic carbocycles. The fourth-order valence-corrected chi connectivity index (χ4v) is 5.82. The van der Waals surface area contributed by atoms with E-state index in [0.717, 1.165) is 37.6 Å². The first-order valence-electron chi connectivity index (χ1n) is 10.4. The van der Waals surface area contributed by atoms with Crippen molar-refractivity contribution in [2.45, 2.75) is 18.2 Å². The molecule has 0 spiro atoms. The zero-order chi connectivity index (χ0) is 23.0. The third kappa shape index (κ3) is 4.22. The van der Waals surface area contributed by atoms with E-state index in [1.54, 1.807) is 19.2 Å². The number of methoxy groups -OCH3 is 1. The summed E-state index contributed by atoms with van der Waals surface area (Å²) in [7, 11) is -1.96. The number of nitrogens with zero attached hydrogens (tertiary/aromatic N) is 3. The van der Waals surface area contributed by atoms with Crippen LogP contribution in [0.1, 0.15) is 10.6 Å². The second kappa shape index (κ2) is 8.58. The Morgan fingerprint density at radius 3 is 2.52 bits per heavy atom. The quantitative estimate of drug-likeness (QED) is 0.374. The zero-order valence-corrected chi connectivity index (χ0v) is 19.8. The van der Waals surface area contributed by atoms with Crippen LogP contribution in [-0.4, -0.2) is 36.7 Å². The number of benzene rings is 3. The molecule has 168 valence electrons. The predicted octanol–water partition coefficient (Wildman–Crippen LogP) is 4.45. The number of fused-ring (bicyclic) bond motifs is 2. The number of nitrogens with one attached hydrogen (secondary N) is 1. The molecule has 3 aromatic carbocycles. The van der Waals surface area contributed by atoms with Crippen molar-refractivity contribution in [1.82, 2.24) is 19.3 Å². The number of rotatable bonds is 7. The van der Waals surface area contributed by atoms with Gasteiger partial charge in [0, 0.05) is 17.0 Å². The molecule has 0 saturated carbocycles. The van der Waals surface area contributed by atoms with Gasteiger partial charge in [0.1, 0.15) is 5.75 Å². The van der Waals surface area contributed by atoms with E-state index < -0.39 is 10.0 Å². The van der Waals surface area contributed by atoms with Gasteiger partial charge in [-0.2, -0.15) is 4.98 Å². The van der Waals surface area contributed by atoms with Crippen molar-refractivity contribution in [1.29, 1.82) is 0 Å². The van der Waals surface area contributed by atoms with Gasteiger partial charge in [-0.3, -0.25) is 0 Å². The zero-order valence-electron chi connectivity index (χ0n) is 18.1. The van der Waals surface area contributed by atoms with Gasteiger partial charge in [-0.1, -0.05) is 41.7 Å². The number of aryl methyl sites for hydroxylation is 1. The molecule has 9 heteroatoms. The highest BCUT2D eigenvalue weighted by Crippen LogP contribution is 2.26. The Morgan fingerprint density at radius 1 is 1.03 bits per heavy atom. The van der Waals surface area contributed by atoms with Gasteiger partial charge in [-0.05, 0) is 60.5 Å². The summed E-state index contributed by atoms with van der Waals surface area (Å²) in [6, 6.07) is 20.5. The Bertz CT molecular complexity index is 1550. The molecule has 0 atom stereocenters. The van der Waals surface area contributed by atoms with Gasteiger partial charge < -0.3 is 4.74 Å². The molecule has 5 aromatic rings. The van der Waals surface area contributed by atoms with Crippen molar-refractivity contribution < 1.29 is 13.2 Å². The molecule has 1 N–H and O–H groups in total. The Hall–Kier alpha value is -3.27. The van der Waals surface area contributed by atoms with Gasteiger partial charge in [0.05, 0.1) is 17.7 Å². The second-order valence-corrected chi connectivity index (χ2v) is 10.5. The van der Waals surface area contributed by atoms with Crippen LogP contribution in [0.2, 0.25) is 0 Å². The minimum Gasteiger partial charge on any atom is -0.497 e. The summed E-state index contributed by atoms with van der Waals surface area (Å²) in [4.78, 5) is 6.74. The van der Waals surface area contributed by atoms with E-state index in [2.05, 4.69) is 14.8 Å². The average molecular weight is 479 g/mol. The molecule has 0 fully saturated rings. The van der Waals surface area contributed by atoms with Crippen LogP contribution < -0.4 is 9.46 Å². The van der Waals surface area contributed by atoms with Crippen LogP contribution in [0.15, 0.2) is 71.6 Å². The van der Waals surface area contributed by atoms with Gasteiger partial charge in [-0.15, -0.1) is 5.10 Å². The monoisotopic (exact) mass is 478 g/mol. The number of sulfonamides is 1. The Balaban J connectivity index is 1.29. The van der Waals surface area contributed by atoms with E-state index in [9.17, 15) is 8.42 Å². The third-order valence-electron chi connectivity index (χ3n) is 5.54. The lowest BCUT2D eigenvalue weighted by molar-refractivity contribution is 0.415. The first-order chi connectivity index (χ1) is 15.9. The van der Waals surface area contributed by atoms with E-state index in [1.807, 2.05) is 66.0 Å². The van der Waals surface area contributed by atoms with Crippen LogP contribution in [0.4, 0.5) is 0 Å². The van der Waals surface area contributed by atoms with Gasteiger partial charge in [-0.25, -0.2) is 17.7 Å². The molecule has 5 rings (SSSR count). The summed E-state index contributed by atoms with van der Waals surface area (Å²) in [5.41, 5.74) is 1.88. The molecule has 0 saturated heterocycles. The number of aromatic nitrogens is 3. The third-order valence-corrected chi connectivity index (χ3v) is 8.19. The van der Waals surface area contributed by atoms with Gasteiger partial charge in [0.15, 0.2) is 5.82 Å². The van der Waals surface area contributed by atoms with Gasteiger partial charge in [0.25, 0.3) is 0 Å². The van der Waals surface area contributed by atoms with Crippen molar-refractivity contribution >= 4 is 37.1 Å². The van der Waals surface area contributed by atoms with Crippen LogP contribution >= 0.6 is 11.3 Å². The second-order valence-electron chi connectivity index (χ2n) is 7.63. The molecule has 0 bridgehead atoms. The van der Waals surface area contributed by atoms with E-state index in [0.29, 0.717) is 18.8 Å². The molecule has 0 radical (unpaired) electrons. The molecule has 0 aliphatic heterocycles. The molecular weight excluding hydrogens is 456 g/mol. The van der Waals surface area contributed by atoms with E-state index in [4.69, 9.17) is 4.74 Å². The maximum absolute atomic E-state index is 12.8. The summed E-state index contributed by atoms with van der Waals surface area (Å²) in [5, 5.41) is 6.54. The van der Waals surface area contributed by atoms with Crippen molar-refractivity contribution in [2.24, 2.45) is 0 Å². The van der Waals surface area contributed by atoms with Crippen molar-refractivity contribution in [2.75, 3.05) is 13.7 Å². The van der Waals surface area contributed by atoms with E-state index in [1.165, 1.54) is 11.3 Å². The van der Waals surface area contributed by atoms with Crippen LogP contribution in [0.3, 0.4) is 0 Å². The summed E-state index contributed by atoms with van der Waals surface area (Å²) in [6.07, 6.45) is 0.562. The maximum Gasteiger partial charge on any atom is 0.240 e. The van der Waals surface area contributed by atoms with Gasteiger partial charge >= 0.3 is 0 Å². The molecular formula is C24H22N4O3S2. The van der Waals surface area contributed by atoms with Crippen LogP contribution in [-0.2, 0) is 16.4 Å². The summed E-state index contributed by atoms with van der Waals surface area (Å²) in [6.45, 7) is 2.27. The maximum atomic E-state index is 12.8. The SMILES string of the molecule is COc1ccc(-c2nc3sc(CCNS(=O)(=O)c4ccc5ccccc5c4)c(C)n3n2)cc1. The van der Waals surface area contributed by atoms with E-state index >= 15 is 0 Å². The first kappa shape index (κ1) is 21.6. The number of thiazole rings is 1. The van der Waals surface area contributed by atoms with Crippen molar-refractivity contribution in [3.63, 3.8) is 0 Å². The summed E-state index contributed by atoms with van der Waals surface area (Å²) >= 11 is 1.53. The molecule has 0 aliphatic rings. The number of ether oxygens (including phenoxy) is 1. The Kier molecular flexibility index (Phi) is 5.61. The summed E-state index contributed by atoms with van der Waals surface area (Å²) < 4.78 is 35.3. The Morgan fingerprint density at radius 2 is 1.79 bits per heavy atom. The number of hydrogen-bond acceptors (Lipinski definition) is 6. The first-order valence-corrected chi connectivity index (χ1v) is 12.7. The van der Waals surface area contributed by atoms with E-state index in [-0.39, 0.29) is 4.90 Å². The minimum absolute atomic E-state index is 0.268. The minimum atomic E-state index is -3.59. The van der Waals surface area contributed by atoms with Crippen molar-refractivity contribution in [3.05, 3.63) is 77.3 Å². The molecule has 2 aromatic heterocycles. The van der Waals surface area contributed by atoms with Gasteiger partial charge in [0.2, 0.25) is 15.0 Å². The smallest absolute Gasteiger partial charge is 0.240 e. The van der Waals surface area contributed by atoms with Crippen molar-refractivity contribution in [3.8, 4) is 17.1 Å². The lowest BCUT2D eigenvalue weighted by atomic mass is 10.1. The predicted molar refractivity (Wildman–Crippen MR) is 130 cm³/mol. The van der Waals surface area contributed by atoms with Crippen LogP contribution in [0, 0.1) is 6.92 Å². The lowest BCUT2D eigenvalue weighted by Gasteiger charge is -2.08. The fraction of sp³-hybridized carbons (Fsp3) is 0.167. The highest BCUT2D eigenvalue weighted by atomic mass is 32.2. The normalized spacial score (nSPS) is 11.9. The Labute approximate surface area is 195 Å². The molecule has 2 heterocycles. The highest BCUT2D eigenvalue weighted by Gasteiger charge is 2.17. The topological polar surface area (TPSA) is 85.6 Å². The molecule has 0 amide bonds. The largest absolute Gasteiger partial charge is 0.497 e. The fourth-order valence-electron chi connectivity index (χ4n) is 3.70. The molecule has 7 nitrogen and oxygen atoms in total.